The lowest BCUT2D eigenvalue weighted by molar-refractivity contribution is -0.118. The highest BCUT2D eigenvalue weighted by atomic mass is 16.2. The maximum atomic E-state index is 11.4. The van der Waals surface area contributed by atoms with Gasteiger partial charge < -0.3 is 10.2 Å². The van der Waals surface area contributed by atoms with Crippen molar-refractivity contribution in [3.05, 3.63) is 49.1 Å². The molecule has 0 saturated heterocycles. The number of amides is 1. The summed E-state index contributed by atoms with van der Waals surface area (Å²) in [4.78, 5) is 13.1. The molecule has 1 heterocycles. The average Bonchev–Trinajstić information content (AvgIpc) is 2.09. The van der Waals surface area contributed by atoms with Gasteiger partial charge in [-0.15, -0.1) is 0 Å². The Hall–Kier alpha value is -1.77. The molecule has 0 spiro atoms. The lowest BCUT2D eigenvalue weighted by atomic mass is 10.2. The van der Waals surface area contributed by atoms with Crippen LogP contribution in [-0.4, -0.2) is 10.8 Å². The molecule has 3 nitrogen and oxygen atoms in total. The van der Waals surface area contributed by atoms with Crippen LogP contribution in [0.2, 0.25) is 0 Å². The minimum atomic E-state index is -0.139. The first-order chi connectivity index (χ1) is 6.19. The van der Waals surface area contributed by atoms with Crippen molar-refractivity contribution in [1.29, 1.82) is 0 Å². The van der Waals surface area contributed by atoms with Gasteiger partial charge in [0.2, 0.25) is 0 Å². The van der Waals surface area contributed by atoms with Crippen LogP contribution in [0.3, 0.4) is 0 Å². The van der Waals surface area contributed by atoms with Gasteiger partial charge >= 0.3 is 0 Å². The van der Waals surface area contributed by atoms with E-state index in [-0.39, 0.29) is 5.91 Å². The Morgan fingerprint density at radius 1 is 1.54 bits per heavy atom. The highest BCUT2D eigenvalue weighted by Gasteiger charge is 2.18. The molecule has 0 fully saturated rings. The lowest BCUT2D eigenvalue weighted by Crippen LogP contribution is -2.34. The zero-order valence-corrected chi connectivity index (χ0v) is 7.58. The Morgan fingerprint density at radius 3 is 2.77 bits per heavy atom. The summed E-state index contributed by atoms with van der Waals surface area (Å²) in [5.41, 5.74) is 1.32. The summed E-state index contributed by atoms with van der Waals surface area (Å²) >= 11 is 0. The predicted molar refractivity (Wildman–Crippen MR) is 52.2 cm³/mol. The van der Waals surface area contributed by atoms with Crippen molar-refractivity contribution in [2.75, 3.05) is 0 Å². The van der Waals surface area contributed by atoms with Gasteiger partial charge in [-0.25, -0.2) is 0 Å². The minimum absolute atomic E-state index is 0.139. The van der Waals surface area contributed by atoms with Crippen LogP contribution in [0.5, 0.6) is 0 Å². The molecule has 0 unspecified atom stereocenters. The van der Waals surface area contributed by atoms with Crippen molar-refractivity contribution in [2.24, 2.45) is 0 Å². The van der Waals surface area contributed by atoms with Crippen LogP contribution in [-0.2, 0) is 4.79 Å². The SMILES string of the molecule is C=C/C=C1/C(=O)NC(C)=CN1C=C. The van der Waals surface area contributed by atoms with Crippen LogP contribution in [0.4, 0.5) is 0 Å². The van der Waals surface area contributed by atoms with E-state index in [1.54, 1.807) is 29.5 Å². The van der Waals surface area contributed by atoms with Gasteiger partial charge in [0.25, 0.3) is 5.91 Å². The predicted octanol–water partition coefficient (Wildman–Crippen LogP) is 1.49. The Labute approximate surface area is 77.7 Å². The van der Waals surface area contributed by atoms with E-state index >= 15 is 0 Å². The summed E-state index contributed by atoms with van der Waals surface area (Å²) in [6.07, 6.45) is 6.58. The van der Waals surface area contributed by atoms with Crippen LogP contribution in [0.25, 0.3) is 0 Å². The number of allylic oxidation sites excluding steroid dienone is 3. The van der Waals surface area contributed by atoms with E-state index in [1.807, 2.05) is 6.92 Å². The zero-order chi connectivity index (χ0) is 9.84. The third-order valence-corrected chi connectivity index (χ3v) is 1.63. The third kappa shape index (κ3) is 1.87. The summed E-state index contributed by atoms with van der Waals surface area (Å²) in [5, 5.41) is 2.70. The van der Waals surface area contributed by atoms with Crippen molar-refractivity contribution >= 4 is 5.91 Å². The largest absolute Gasteiger partial charge is 0.323 e. The summed E-state index contributed by atoms with van der Waals surface area (Å²) in [7, 11) is 0. The first-order valence-corrected chi connectivity index (χ1v) is 3.92. The van der Waals surface area contributed by atoms with E-state index in [0.717, 1.165) is 5.70 Å². The topological polar surface area (TPSA) is 32.3 Å². The highest BCUT2D eigenvalue weighted by Crippen LogP contribution is 2.13. The van der Waals surface area contributed by atoms with E-state index in [1.165, 1.54) is 0 Å². The van der Waals surface area contributed by atoms with Gasteiger partial charge in [0, 0.05) is 18.1 Å². The maximum Gasteiger partial charge on any atom is 0.272 e. The van der Waals surface area contributed by atoms with E-state index in [0.29, 0.717) is 5.70 Å². The zero-order valence-electron chi connectivity index (χ0n) is 7.58. The molecule has 0 aliphatic carbocycles. The van der Waals surface area contributed by atoms with Gasteiger partial charge in [0.1, 0.15) is 5.70 Å². The highest BCUT2D eigenvalue weighted by molar-refractivity contribution is 5.95. The minimum Gasteiger partial charge on any atom is -0.323 e. The Bertz CT molecular complexity index is 313. The molecule has 0 aromatic carbocycles. The van der Waals surface area contributed by atoms with Gasteiger partial charge in [-0.05, 0) is 13.0 Å². The van der Waals surface area contributed by atoms with Crippen LogP contribution in [0, 0.1) is 0 Å². The van der Waals surface area contributed by atoms with Crippen LogP contribution >= 0.6 is 0 Å². The molecule has 0 radical (unpaired) electrons. The van der Waals surface area contributed by atoms with Crippen molar-refractivity contribution in [3.8, 4) is 0 Å². The van der Waals surface area contributed by atoms with Crippen molar-refractivity contribution in [3.63, 3.8) is 0 Å². The van der Waals surface area contributed by atoms with Gasteiger partial charge in [-0.3, -0.25) is 4.79 Å². The normalized spacial score (nSPS) is 19.5. The average molecular weight is 176 g/mol. The second-order valence-electron chi connectivity index (χ2n) is 2.64. The Morgan fingerprint density at radius 2 is 2.23 bits per heavy atom. The Kier molecular flexibility index (Phi) is 2.69. The molecule has 1 amide bonds. The number of nitrogens with one attached hydrogen (secondary N) is 1. The molecule has 0 saturated carbocycles. The molecule has 1 aliphatic heterocycles. The van der Waals surface area contributed by atoms with Crippen molar-refractivity contribution < 1.29 is 4.79 Å². The number of carbonyl (C=O) groups is 1. The van der Waals surface area contributed by atoms with Gasteiger partial charge in [0.15, 0.2) is 0 Å². The fourth-order valence-corrected chi connectivity index (χ4v) is 1.10. The molecule has 1 aliphatic rings. The summed E-state index contributed by atoms with van der Waals surface area (Å²) in [6.45, 7) is 8.97. The summed E-state index contributed by atoms with van der Waals surface area (Å²) < 4.78 is 0. The van der Waals surface area contributed by atoms with Crippen molar-refractivity contribution in [1.82, 2.24) is 10.2 Å². The van der Waals surface area contributed by atoms with Crippen LogP contribution < -0.4 is 5.32 Å². The fraction of sp³-hybridized carbons (Fsp3) is 0.100. The van der Waals surface area contributed by atoms with E-state index in [2.05, 4.69) is 18.5 Å². The molecule has 68 valence electrons. The molecule has 0 aromatic rings. The molecule has 0 atom stereocenters. The Balaban J connectivity index is 3.07. The fourth-order valence-electron chi connectivity index (χ4n) is 1.10. The number of nitrogens with zero attached hydrogens (tertiary/aromatic N) is 1. The van der Waals surface area contributed by atoms with Crippen LogP contribution in [0.1, 0.15) is 6.92 Å². The smallest absolute Gasteiger partial charge is 0.272 e. The molecule has 3 heteroatoms. The number of carbonyl (C=O) groups excluding carboxylic acids is 1. The van der Waals surface area contributed by atoms with Gasteiger partial charge in [-0.2, -0.15) is 0 Å². The third-order valence-electron chi connectivity index (χ3n) is 1.63. The molecule has 0 aromatic heterocycles. The second kappa shape index (κ2) is 3.76. The molecular formula is C10H12N2O. The second-order valence-corrected chi connectivity index (χ2v) is 2.64. The molecule has 1 N–H and O–H groups in total. The molecular weight excluding hydrogens is 164 g/mol. The number of rotatable bonds is 2. The number of hydrogen-bond donors (Lipinski definition) is 1. The summed E-state index contributed by atoms with van der Waals surface area (Å²) in [5.74, 6) is -0.139. The monoisotopic (exact) mass is 176 g/mol. The summed E-state index contributed by atoms with van der Waals surface area (Å²) in [6, 6.07) is 0. The van der Waals surface area contributed by atoms with E-state index < -0.39 is 0 Å². The molecule has 0 bridgehead atoms. The molecule has 13 heavy (non-hydrogen) atoms. The van der Waals surface area contributed by atoms with Crippen LogP contribution in [0.15, 0.2) is 49.1 Å². The van der Waals surface area contributed by atoms with E-state index in [4.69, 9.17) is 0 Å². The van der Waals surface area contributed by atoms with Gasteiger partial charge in [-0.1, -0.05) is 19.2 Å². The first kappa shape index (κ1) is 9.32. The standard InChI is InChI=1S/C10H12N2O/c1-4-6-9-10(13)11-8(3)7-12(9)5-2/h4-7H,1-2H2,3H3,(H,11,13)/b9-6-. The van der Waals surface area contributed by atoms with Crippen molar-refractivity contribution in [2.45, 2.75) is 6.92 Å². The quantitative estimate of drug-likeness (QED) is 0.646. The lowest BCUT2D eigenvalue weighted by Gasteiger charge is -2.24. The number of hydrogen-bond acceptors (Lipinski definition) is 2. The molecule has 1 rings (SSSR count). The van der Waals surface area contributed by atoms with Gasteiger partial charge in [0.05, 0.1) is 0 Å². The maximum absolute atomic E-state index is 11.4. The van der Waals surface area contributed by atoms with E-state index in [9.17, 15) is 4.79 Å². The first-order valence-electron chi connectivity index (χ1n) is 3.92.